The third-order valence-electron chi connectivity index (χ3n) is 6.56. The van der Waals surface area contributed by atoms with Gasteiger partial charge in [-0.1, -0.05) is 62.5 Å². The number of hydrogen-bond acceptors (Lipinski definition) is 8. The molecular weight excluding hydrogens is 474 g/mol. The zero-order chi connectivity index (χ0) is 27.3. The Balaban J connectivity index is 2.11. The van der Waals surface area contributed by atoms with E-state index in [1.807, 2.05) is 38.1 Å². The minimum absolute atomic E-state index is 0.0437. The van der Waals surface area contributed by atoms with Gasteiger partial charge in [0.25, 0.3) is 5.69 Å². The molecule has 0 aliphatic heterocycles. The van der Waals surface area contributed by atoms with E-state index in [2.05, 4.69) is 17.2 Å². The van der Waals surface area contributed by atoms with Gasteiger partial charge in [-0.15, -0.1) is 0 Å². The Hall–Kier alpha value is -3.88. The highest BCUT2D eigenvalue weighted by Crippen LogP contribution is 2.52. The molecule has 0 N–H and O–H groups in total. The highest BCUT2D eigenvalue weighted by atomic mass is 16.7. The van der Waals surface area contributed by atoms with E-state index in [-0.39, 0.29) is 5.69 Å². The van der Waals surface area contributed by atoms with Gasteiger partial charge in [0.15, 0.2) is 0 Å². The third kappa shape index (κ3) is 6.10. The van der Waals surface area contributed by atoms with Gasteiger partial charge < -0.3 is 9.68 Å². The maximum absolute atomic E-state index is 12.1. The molecule has 0 bridgehead atoms. The Morgan fingerprint density at radius 3 is 2.19 bits per heavy atom. The lowest BCUT2D eigenvalue weighted by Gasteiger charge is -2.22. The molecule has 2 aromatic carbocycles. The Morgan fingerprint density at radius 1 is 0.919 bits per heavy atom. The monoisotopic (exact) mass is 507 g/mol. The van der Waals surface area contributed by atoms with Crippen LogP contribution >= 0.6 is 0 Å². The predicted octanol–water partition coefficient (Wildman–Crippen LogP) is 6.43. The van der Waals surface area contributed by atoms with Crippen molar-refractivity contribution < 1.29 is 24.2 Å². The van der Waals surface area contributed by atoms with Crippen molar-refractivity contribution in [3.05, 3.63) is 62.7 Å². The van der Waals surface area contributed by atoms with Crippen LogP contribution in [0, 0.1) is 10.1 Å². The average Bonchev–Trinajstić information content (AvgIpc) is 3.07. The van der Waals surface area contributed by atoms with Gasteiger partial charge in [-0.3, -0.25) is 10.1 Å². The summed E-state index contributed by atoms with van der Waals surface area (Å²) in [5.41, 5.74) is 4.75. The smallest absolute Gasteiger partial charge is 0.318 e. The summed E-state index contributed by atoms with van der Waals surface area (Å²) in [7, 11) is 0. The Morgan fingerprint density at radius 2 is 1.57 bits per heavy atom. The van der Waals surface area contributed by atoms with Crippen LogP contribution in [-0.4, -0.2) is 28.3 Å². The fourth-order valence-corrected chi connectivity index (χ4v) is 4.63. The van der Waals surface area contributed by atoms with Gasteiger partial charge in [0.05, 0.1) is 21.9 Å². The Labute approximate surface area is 216 Å². The van der Waals surface area contributed by atoms with E-state index in [0.29, 0.717) is 29.0 Å². The van der Waals surface area contributed by atoms with Gasteiger partial charge in [-0.05, 0) is 54.2 Å². The van der Waals surface area contributed by atoms with Crippen molar-refractivity contribution in [2.75, 3.05) is 0 Å². The van der Waals surface area contributed by atoms with Crippen molar-refractivity contribution in [1.29, 1.82) is 0 Å². The first-order chi connectivity index (χ1) is 17.5. The van der Waals surface area contributed by atoms with Crippen molar-refractivity contribution in [2.45, 2.75) is 79.1 Å². The van der Waals surface area contributed by atoms with E-state index in [0.717, 1.165) is 47.9 Å². The molecule has 0 spiro atoms. The summed E-state index contributed by atoms with van der Waals surface area (Å²) in [6.45, 7) is 10.3. The van der Waals surface area contributed by atoms with Crippen LogP contribution in [0.15, 0.2) is 40.6 Å². The van der Waals surface area contributed by atoms with Crippen LogP contribution in [0.2, 0.25) is 0 Å². The molecule has 0 radical (unpaired) electrons. The van der Waals surface area contributed by atoms with Gasteiger partial charge in [0.1, 0.15) is 0 Å². The number of oxime groups is 2. The van der Waals surface area contributed by atoms with Crippen molar-refractivity contribution in [3.8, 4) is 11.1 Å². The molecule has 0 atom stereocenters. The molecule has 0 fully saturated rings. The van der Waals surface area contributed by atoms with Crippen LogP contribution in [0.4, 0.5) is 5.69 Å². The largest absolute Gasteiger partial charge is 0.331 e. The van der Waals surface area contributed by atoms with Crippen molar-refractivity contribution >= 4 is 29.0 Å². The predicted molar refractivity (Wildman–Crippen MR) is 142 cm³/mol. The van der Waals surface area contributed by atoms with Crippen LogP contribution < -0.4 is 0 Å². The minimum Gasteiger partial charge on any atom is -0.318 e. The molecule has 1 aliphatic rings. The van der Waals surface area contributed by atoms with E-state index >= 15 is 0 Å². The summed E-state index contributed by atoms with van der Waals surface area (Å²) in [4.78, 5) is 44.1. The SMILES string of the molecule is CCCCCC/C(=N\OC(C)=O)c1ccc2c(c1)C(C)(C)c1cc(/C(C)=N/OC(C)=O)cc([N+](=O)[O-])c1-2. The fraction of sp³-hybridized carbons (Fsp3) is 0.429. The molecular formula is C28H33N3O6. The molecule has 9 heteroatoms. The fourth-order valence-electron chi connectivity index (χ4n) is 4.63. The molecule has 37 heavy (non-hydrogen) atoms. The zero-order valence-corrected chi connectivity index (χ0v) is 22.2. The summed E-state index contributed by atoms with van der Waals surface area (Å²) in [5, 5.41) is 20.1. The van der Waals surface area contributed by atoms with Crippen molar-refractivity contribution in [1.82, 2.24) is 0 Å². The van der Waals surface area contributed by atoms with Crippen LogP contribution in [0.3, 0.4) is 0 Å². The van der Waals surface area contributed by atoms with Gasteiger partial charge in [-0.25, -0.2) is 9.59 Å². The number of carbonyl (C=O) groups excluding carboxylic acids is 2. The van der Waals surface area contributed by atoms with Crippen LogP contribution in [-0.2, 0) is 24.7 Å². The minimum atomic E-state index is -0.573. The number of unbranched alkanes of at least 4 members (excludes halogenated alkanes) is 3. The maximum Gasteiger partial charge on any atom is 0.331 e. The van der Waals surface area contributed by atoms with Crippen LogP contribution in [0.25, 0.3) is 11.1 Å². The summed E-state index contributed by atoms with van der Waals surface area (Å²) in [6, 6.07) is 9.06. The summed E-state index contributed by atoms with van der Waals surface area (Å²) in [6.07, 6.45) is 4.81. The molecule has 196 valence electrons. The molecule has 2 aromatic rings. The second kappa shape index (κ2) is 11.5. The Bertz CT molecular complexity index is 1290. The van der Waals surface area contributed by atoms with E-state index in [1.165, 1.54) is 19.9 Å². The lowest BCUT2D eigenvalue weighted by atomic mass is 9.81. The van der Waals surface area contributed by atoms with Crippen LogP contribution in [0.5, 0.6) is 0 Å². The second-order valence-corrected chi connectivity index (χ2v) is 9.75. The number of nitrogens with zero attached hydrogens (tertiary/aromatic N) is 3. The first-order valence-electron chi connectivity index (χ1n) is 12.4. The molecule has 0 amide bonds. The normalized spacial score (nSPS) is 14.1. The zero-order valence-electron chi connectivity index (χ0n) is 22.2. The van der Waals surface area contributed by atoms with Crippen LogP contribution in [0.1, 0.15) is 95.9 Å². The molecule has 0 heterocycles. The van der Waals surface area contributed by atoms with Crippen molar-refractivity contribution in [3.63, 3.8) is 0 Å². The van der Waals surface area contributed by atoms with Crippen molar-refractivity contribution in [2.24, 2.45) is 10.3 Å². The number of benzene rings is 2. The summed E-state index contributed by atoms with van der Waals surface area (Å²) >= 11 is 0. The number of nitro benzene ring substituents is 1. The summed E-state index contributed by atoms with van der Waals surface area (Å²) < 4.78 is 0. The molecule has 0 unspecified atom stereocenters. The standard InChI is InChI=1S/C28H33N3O6/c1-7-8-9-10-11-25(30-37-19(4)33)20-12-13-22-23(14-20)28(5,6)24-15-21(17(2)29-36-18(3)32)16-26(27(22)24)31(34)35/h12-16H,7-11H2,1-6H3/b29-17+,30-25+. The number of nitro groups is 1. The van der Waals surface area contributed by atoms with Gasteiger partial charge in [-0.2, -0.15) is 0 Å². The van der Waals surface area contributed by atoms with E-state index in [9.17, 15) is 19.7 Å². The number of hydrogen-bond donors (Lipinski definition) is 0. The van der Waals surface area contributed by atoms with E-state index in [1.54, 1.807) is 6.92 Å². The van der Waals surface area contributed by atoms with Gasteiger partial charge >= 0.3 is 11.9 Å². The molecule has 0 saturated carbocycles. The topological polar surface area (TPSA) is 120 Å². The highest BCUT2D eigenvalue weighted by Gasteiger charge is 2.40. The quantitative estimate of drug-likeness (QED) is 0.120. The molecule has 3 rings (SSSR count). The first-order valence-corrected chi connectivity index (χ1v) is 12.4. The number of fused-ring (bicyclic) bond motifs is 3. The van der Waals surface area contributed by atoms with Gasteiger partial charge in [0.2, 0.25) is 0 Å². The maximum atomic E-state index is 12.1. The average molecular weight is 508 g/mol. The lowest BCUT2D eigenvalue weighted by molar-refractivity contribution is -0.384. The lowest BCUT2D eigenvalue weighted by Crippen LogP contribution is -2.17. The van der Waals surface area contributed by atoms with Gasteiger partial charge in [0, 0.05) is 30.9 Å². The molecule has 1 aliphatic carbocycles. The molecule has 0 saturated heterocycles. The number of carbonyl (C=O) groups is 2. The first kappa shape index (κ1) is 27.7. The van der Waals surface area contributed by atoms with E-state index in [4.69, 9.17) is 9.68 Å². The molecule has 0 aromatic heterocycles. The van der Waals surface area contributed by atoms with E-state index < -0.39 is 22.3 Å². The Kier molecular flexibility index (Phi) is 8.57. The summed E-state index contributed by atoms with van der Waals surface area (Å²) in [5.74, 6) is -1.06. The number of rotatable bonds is 10. The highest BCUT2D eigenvalue weighted by molar-refractivity contribution is 6.04. The second-order valence-electron chi connectivity index (χ2n) is 9.75. The third-order valence-corrected chi connectivity index (χ3v) is 6.56. The molecule has 9 nitrogen and oxygen atoms in total.